The quantitative estimate of drug-likeness (QED) is 0.798. The Hall–Kier alpha value is -2.39. The summed E-state index contributed by atoms with van der Waals surface area (Å²) >= 11 is 0. The molecule has 0 fully saturated rings. The number of nitrogens with zero attached hydrogens (tertiary/aromatic N) is 1. The molecule has 3 nitrogen and oxygen atoms in total. The number of hydrogen-bond acceptors (Lipinski definition) is 3. The molecule has 106 valence electrons. The predicted molar refractivity (Wildman–Crippen MR) is 85.4 cm³/mol. The molecule has 0 aliphatic carbocycles. The van der Waals surface area contributed by atoms with Crippen molar-refractivity contribution >= 4 is 10.9 Å². The highest BCUT2D eigenvalue weighted by molar-refractivity contribution is 5.83. The minimum Gasteiger partial charge on any atom is -0.497 e. The van der Waals surface area contributed by atoms with Gasteiger partial charge in [0.2, 0.25) is 0 Å². The molecule has 1 atom stereocenters. The fourth-order valence-corrected chi connectivity index (χ4v) is 2.62. The smallest absolute Gasteiger partial charge is 0.119 e. The van der Waals surface area contributed by atoms with Gasteiger partial charge in [0.05, 0.1) is 18.2 Å². The van der Waals surface area contributed by atoms with Crippen molar-refractivity contribution in [3.8, 4) is 5.75 Å². The lowest BCUT2D eigenvalue weighted by atomic mass is 9.84. The second-order valence-electron chi connectivity index (χ2n) is 5.32. The van der Waals surface area contributed by atoms with Gasteiger partial charge in [-0.3, -0.25) is 4.98 Å². The number of ether oxygens (including phenoxy) is 1. The Kier molecular flexibility index (Phi) is 3.35. The Balaban J connectivity index is 2.19. The molecule has 3 heteroatoms. The molecule has 3 rings (SSSR count). The monoisotopic (exact) mass is 278 g/mol. The van der Waals surface area contributed by atoms with Crippen LogP contribution in [0.3, 0.4) is 0 Å². The predicted octanol–water partition coefficient (Wildman–Crippen LogP) is 3.47. The van der Waals surface area contributed by atoms with E-state index in [1.807, 2.05) is 61.5 Å². The van der Waals surface area contributed by atoms with Crippen LogP contribution in [0.25, 0.3) is 10.9 Å². The van der Waals surface area contributed by atoms with Crippen molar-refractivity contribution in [3.63, 3.8) is 0 Å². The number of para-hydroxylation sites is 1. The summed E-state index contributed by atoms with van der Waals surface area (Å²) in [6, 6.07) is 18.0. The van der Waals surface area contributed by atoms with Crippen molar-refractivity contribution in [3.05, 3.63) is 71.9 Å². The van der Waals surface area contributed by atoms with Gasteiger partial charge in [-0.2, -0.15) is 0 Å². The molecule has 0 saturated heterocycles. The van der Waals surface area contributed by atoms with Gasteiger partial charge in [0.25, 0.3) is 0 Å². The standard InChI is InChI=1S/C18H18N2O/c1-18(19,14-8-4-9-15(12-14)21-2)16-10-3-6-13-7-5-11-20-17(13)16/h3-12H,19H2,1-2H3. The van der Waals surface area contributed by atoms with Crippen molar-refractivity contribution in [1.29, 1.82) is 0 Å². The van der Waals surface area contributed by atoms with Gasteiger partial charge in [0.15, 0.2) is 0 Å². The molecular formula is C18H18N2O. The molecule has 0 amide bonds. The van der Waals surface area contributed by atoms with Crippen LogP contribution in [0.15, 0.2) is 60.8 Å². The Morgan fingerprint density at radius 2 is 1.81 bits per heavy atom. The molecule has 21 heavy (non-hydrogen) atoms. The van der Waals surface area contributed by atoms with Gasteiger partial charge in [-0.25, -0.2) is 0 Å². The third kappa shape index (κ3) is 2.36. The van der Waals surface area contributed by atoms with E-state index in [0.717, 1.165) is 27.8 Å². The SMILES string of the molecule is COc1cccc(C(C)(N)c2cccc3cccnc23)c1. The van der Waals surface area contributed by atoms with Gasteiger partial charge >= 0.3 is 0 Å². The number of benzene rings is 2. The summed E-state index contributed by atoms with van der Waals surface area (Å²) in [7, 11) is 1.66. The molecule has 1 aromatic heterocycles. The van der Waals surface area contributed by atoms with Crippen LogP contribution in [0, 0.1) is 0 Å². The number of methoxy groups -OCH3 is 1. The molecule has 2 aromatic carbocycles. The van der Waals surface area contributed by atoms with E-state index in [9.17, 15) is 0 Å². The Morgan fingerprint density at radius 3 is 2.62 bits per heavy atom. The lowest BCUT2D eigenvalue weighted by Crippen LogP contribution is -2.34. The molecule has 2 N–H and O–H groups in total. The first-order valence-electron chi connectivity index (χ1n) is 6.90. The lowest BCUT2D eigenvalue weighted by molar-refractivity contribution is 0.413. The second-order valence-corrected chi connectivity index (χ2v) is 5.32. The summed E-state index contributed by atoms with van der Waals surface area (Å²) in [5.74, 6) is 0.803. The highest BCUT2D eigenvalue weighted by Gasteiger charge is 2.26. The van der Waals surface area contributed by atoms with Crippen molar-refractivity contribution in [2.75, 3.05) is 7.11 Å². The Bertz CT molecular complexity index is 776. The van der Waals surface area contributed by atoms with Crippen molar-refractivity contribution in [1.82, 2.24) is 4.98 Å². The van der Waals surface area contributed by atoms with Crippen LogP contribution in [0.2, 0.25) is 0 Å². The maximum absolute atomic E-state index is 6.65. The van der Waals surface area contributed by atoms with Crippen LogP contribution in [-0.2, 0) is 5.54 Å². The van der Waals surface area contributed by atoms with Crippen LogP contribution in [0.5, 0.6) is 5.75 Å². The third-order valence-corrected chi connectivity index (χ3v) is 3.86. The Labute approximate surface area is 124 Å². The molecule has 3 aromatic rings. The first-order valence-corrected chi connectivity index (χ1v) is 6.90. The largest absolute Gasteiger partial charge is 0.497 e. The number of pyridine rings is 1. The van der Waals surface area contributed by atoms with Gasteiger partial charge < -0.3 is 10.5 Å². The molecule has 0 aliphatic rings. The normalized spacial score (nSPS) is 13.9. The van der Waals surface area contributed by atoms with E-state index in [1.165, 1.54) is 0 Å². The maximum Gasteiger partial charge on any atom is 0.119 e. The zero-order valence-corrected chi connectivity index (χ0v) is 12.2. The number of fused-ring (bicyclic) bond motifs is 1. The van der Waals surface area contributed by atoms with Gasteiger partial charge in [0, 0.05) is 17.1 Å². The fourth-order valence-electron chi connectivity index (χ4n) is 2.62. The van der Waals surface area contributed by atoms with E-state index < -0.39 is 5.54 Å². The summed E-state index contributed by atoms with van der Waals surface area (Å²) in [4.78, 5) is 4.50. The summed E-state index contributed by atoms with van der Waals surface area (Å²) in [6.07, 6.45) is 1.80. The zero-order chi connectivity index (χ0) is 14.9. The van der Waals surface area contributed by atoms with Crippen molar-refractivity contribution < 1.29 is 4.74 Å². The number of hydrogen-bond donors (Lipinski definition) is 1. The van der Waals surface area contributed by atoms with Crippen LogP contribution in [0.4, 0.5) is 0 Å². The van der Waals surface area contributed by atoms with Gasteiger partial charge in [-0.05, 0) is 30.7 Å². The first-order chi connectivity index (χ1) is 10.1. The molecule has 0 radical (unpaired) electrons. The van der Waals surface area contributed by atoms with E-state index in [0.29, 0.717) is 0 Å². The minimum absolute atomic E-state index is 0.637. The second kappa shape index (κ2) is 5.19. The highest BCUT2D eigenvalue weighted by atomic mass is 16.5. The van der Waals surface area contributed by atoms with Crippen molar-refractivity contribution in [2.24, 2.45) is 5.73 Å². The summed E-state index contributed by atoms with van der Waals surface area (Å²) in [6.45, 7) is 2.01. The number of rotatable bonds is 3. The number of nitrogens with two attached hydrogens (primary N) is 1. The topological polar surface area (TPSA) is 48.1 Å². The summed E-state index contributed by atoms with van der Waals surface area (Å²) in [5, 5.41) is 1.09. The van der Waals surface area contributed by atoms with E-state index in [-0.39, 0.29) is 0 Å². The summed E-state index contributed by atoms with van der Waals surface area (Å²) in [5.41, 5.74) is 8.96. The average molecular weight is 278 g/mol. The lowest BCUT2D eigenvalue weighted by Gasteiger charge is -2.27. The van der Waals surface area contributed by atoms with E-state index in [1.54, 1.807) is 13.3 Å². The van der Waals surface area contributed by atoms with E-state index in [4.69, 9.17) is 10.5 Å². The van der Waals surface area contributed by atoms with Crippen LogP contribution < -0.4 is 10.5 Å². The van der Waals surface area contributed by atoms with Gasteiger partial charge in [0.1, 0.15) is 5.75 Å². The molecule has 0 saturated carbocycles. The van der Waals surface area contributed by atoms with Gasteiger partial charge in [-0.15, -0.1) is 0 Å². The van der Waals surface area contributed by atoms with Crippen LogP contribution in [-0.4, -0.2) is 12.1 Å². The third-order valence-electron chi connectivity index (χ3n) is 3.86. The first kappa shape index (κ1) is 13.6. The van der Waals surface area contributed by atoms with Crippen LogP contribution >= 0.6 is 0 Å². The van der Waals surface area contributed by atoms with E-state index >= 15 is 0 Å². The molecule has 1 heterocycles. The zero-order valence-electron chi connectivity index (χ0n) is 12.2. The minimum atomic E-state index is -0.637. The average Bonchev–Trinajstić information content (AvgIpc) is 2.54. The highest BCUT2D eigenvalue weighted by Crippen LogP contribution is 2.32. The molecule has 0 bridgehead atoms. The summed E-state index contributed by atoms with van der Waals surface area (Å²) < 4.78 is 5.30. The molecule has 1 unspecified atom stereocenters. The maximum atomic E-state index is 6.65. The van der Waals surface area contributed by atoms with Gasteiger partial charge in [-0.1, -0.05) is 36.4 Å². The molecule has 0 spiro atoms. The molecular weight excluding hydrogens is 260 g/mol. The van der Waals surface area contributed by atoms with Crippen molar-refractivity contribution in [2.45, 2.75) is 12.5 Å². The van der Waals surface area contributed by atoms with E-state index in [2.05, 4.69) is 4.98 Å². The molecule has 0 aliphatic heterocycles. The fraction of sp³-hybridized carbons (Fsp3) is 0.167. The van der Waals surface area contributed by atoms with Crippen LogP contribution in [0.1, 0.15) is 18.1 Å². The Morgan fingerprint density at radius 1 is 1.05 bits per heavy atom. The number of aromatic nitrogens is 1.